The van der Waals surface area contributed by atoms with E-state index >= 15 is 0 Å². The van der Waals surface area contributed by atoms with E-state index in [1.54, 1.807) is 0 Å². The molecule has 1 aliphatic rings. The lowest BCUT2D eigenvalue weighted by atomic mass is 9.83. The molecule has 106 valence electrons. The first-order chi connectivity index (χ1) is 8.52. The van der Waals surface area contributed by atoms with Crippen molar-refractivity contribution >= 4 is 5.96 Å². The van der Waals surface area contributed by atoms with Crippen molar-refractivity contribution < 1.29 is 0 Å². The van der Waals surface area contributed by atoms with Crippen LogP contribution in [0.15, 0.2) is 4.99 Å². The Balaban J connectivity index is 2.35. The molecule has 1 aliphatic carbocycles. The Hall–Kier alpha value is -0.730. The third kappa shape index (κ3) is 5.28. The second-order valence-corrected chi connectivity index (χ2v) is 6.33. The fourth-order valence-electron chi connectivity index (χ4n) is 2.67. The third-order valence-corrected chi connectivity index (χ3v) is 3.91. The van der Waals surface area contributed by atoms with Gasteiger partial charge in [0, 0.05) is 27.2 Å². The summed E-state index contributed by atoms with van der Waals surface area (Å²) in [7, 11) is 4.04. The summed E-state index contributed by atoms with van der Waals surface area (Å²) < 4.78 is 0. The number of aliphatic imine (C=N–C) groups is 1. The summed E-state index contributed by atoms with van der Waals surface area (Å²) in [6, 6.07) is 0. The Morgan fingerprint density at radius 1 is 1.28 bits per heavy atom. The Morgan fingerprint density at radius 2 is 1.89 bits per heavy atom. The molecule has 0 aromatic carbocycles. The van der Waals surface area contributed by atoms with E-state index in [2.05, 4.69) is 43.0 Å². The molecule has 1 rings (SSSR count). The van der Waals surface area contributed by atoms with Crippen LogP contribution in [-0.4, -0.2) is 38.0 Å². The lowest BCUT2D eigenvalue weighted by Crippen LogP contribution is -2.43. The molecule has 0 heterocycles. The maximum atomic E-state index is 4.37. The minimum atomic E-state index is 0.658. The molecule has 3 nitrogen and oxygen atoms in total. The highest BCUT2D eigenvalue weighted by Gasteiger charge is 2.20. The zero-order chi connectivity index (χ0) is 13.5. The van der Waals surface area contributed by atoms with Crippen LogP contribution in [0.4, 0.5) is 0 Å². The molecule has 1 fully saturated rings. The van der Waals surface area contributed by atoms with Crippen molar-refractivity contribution in [2.45, 2.75) is 46.5 Å². The van der Waals surface area contributed by atoms with Crippen LogP contribution in [0.5, 0.6) is 0 Å². The molecule has 3 heteroatoms. The van der Waals surface area contributed by atoms with Crippen LogP contribution in [0.25, 0.3) is 0 Å². The fourth-order valence-corrected chi connectivity index (χ4v) is 2.67. The molecule has 0 aromatic rings. The molecular weight excluding hydrogens is 222 g/mol. The van der Waals surface area contributed by atoms with E-state index < -0.39 is 0 Å². The molecule has 1 N–H and O–H groups in total. The van der Waals surface area contributed by atoms with Gasteiger partial charge in [-0.1, -0.05) is 33.6 Å². The second-order valence-electron chi connectivity index (χ2n) is 6.33. The van der Waals surface area contributed by atoms with Crippen LogP contribution in [0.3, 0.4) is 0 Å². The van der Waals surface area contributed by atoms with Gasteiger partial charge in [0.05, 0.1) is 0 Å². The van der Waals surface area contributed by atoms with Gasteiger partial charge < -0.3 is 10.2 Å². The highest BCUT2D eigenvalue weighted by Crippen LogP contribution is 2.28. The monoisotopic (exact) mass is 253 g/mol. The number of nitrogens with zero attached hydrogens (tertiary/aromatic N) is 2. The Morgan fingerprint density at radius 3 is 2.39 bits per heavy atom. The summed E-state index contributed by atoms with van der Waals surface area (Å²) in [5.41, 5.74) is 0. The molecule has 0 amide bonds. The van der Waals surface area contributed by atoms with E-state index in [4.69, 9.17) is 0 Å². The number of guanidine groups is 1. The fraction of sp³-hybridized carbons (Fsp3) is 0.933. The van der Waals surface area contributed by atoms with Gasteiger partial charge in [-0.25, -0.2) is 0 Å². The van der Waals surface area contributed by atoms with E-state index in [1.165, 1.54) is 25.7 Å². The highest BCUT2D eigenvalue weighted by molar-refractivity contribution is 5.79. The predicted octanol–water partition coefficient (Wildman–Crippen LogP) is 2.98. The van der Waals surface area contributed by atoms with Crippen LogP contribution < -0.4 is 5.32 Å². The molecule has 0 bridgehead atoms. The normalized spacial score (nSPS) is 25.3. The first-order valence-corrected chi connectivity index (χ1v) is 7.44. The average molecular weight is 253 g/mol. The predicted molar refractivity (Wildman–Crippen MR) is 80.0 cm³/mol. The molecule has 18 heavy (non-hydrogen) atoms. The summed E-state index contributed by atoms with van der Waals surface area (Å²) in [6.07, 6.45) is 5.56. The van der Waals surface area contributed by atoms with Crippen LogP contribution in [0.2, 0.25) is 0 Å². The molecule has 0 radical (unpaired) electrons. The molecular formula is C15H31N3. The minimum absolute atomic E-state index is 0.658. The van der Waals surface area contributed by atoms with Gasteiger partial charge in [-0.3, -0.25) is 4.99 Å². The highest BCUT2D eigenvalue weighted by atomic mass is 15.3. The van der Waals surface area contributed by atoms with Crippen molar-refractivity contribution in [3.05, 3.63) is 0 Å². The maximum absolute atomic E-state index is 4.37. The first kappa shape index (κ1) is 15.3. The van der Waals surface area contributed by atoms with Crippen LogP contribution in [0, 0.1) is 17.8 Å². The molecule has 1 saturated carbocycles. The Labute approximate surface area is 113 Å². The molecule has 0 unspecified atom stereocenters. The number of hydrogen-bond donors (Lipinski definition) is 1. The van der Waals surface area contributed by atoms with Gasteiger partial charge in [0.1, 0.15) is 0 Å². The topological polar surface area (TPSA) is 27.6 Å². The number of hydrogen-bond acceptors (Lipinski definition) is 1. The summed E-state index contributed by atoms with van der Waals surface area (Å²) >= 11 is 0. The van der Waals surface area contributed by atoms with Gasteiger partial charge in [0.15, 0.2) is 5.96 Å². The Bertz CT molecular complexity index is 252. The van der Waals surface area contributed by atoms with Gasteiger partial charge in [0.25, 0.3) is 0 Å². The lowest BCUT2D eigenvalue weighted by Gasteiger charge is -2.31. The van der Waals surface area contributed by atoms with Crippen molar-refractivity contribution in [3.8, 4) is 0 Å². The van der Waals surface area contributed by atoms with Gasteiger partial charge in [-0.05, 0) is 30.6 Å². The average Bonchev–Trinajstić information content (AvgIpc) is 2.32. The Kier molecular flexibility index (Phi) is 6.51. The molecule has 0 aliphatic heterocycles. The van der Waals surface area contributed by atoms with Crippen LogP contribution in [-0.2, 0) is 0 Å². The van der Waals surface area contributed by atoms with E-state index in [0.29, 0.717) is 5.92 Å². The van der Waals surface area contributed by atoms with Gasteiger partial charge >= 0.3 is 0 Å². The summed E-state index contributed by atoms with van der Waals surface area (Å²) in [4.78, 5) is 6.67. The summed E-state index contributed by atoms with van der Waals surface area (Å²) in [5.74, 6) is 3.49. The van der Waals surface area contributed by atoms with Gasteiger partial charge in [-0.15, -0.1) is 0 Å². The lowest BCUT2D eigenvalue weighted by molar-refractivity contribution is 0.250. The van der Waals surface area contributed by atoms with Crippen molar-refractivity contribution in [1.82, 2.24) is 10.2 Å². The second kappa shape index (κ2) is 7.65. The van der Waals surface area contributed by atoms with Crippen LogP contribution >= 0.6 is 0 Å². The van der Waals surface area contributed by atoms with E-state index in [-0.39, 0.29) is 0 Å². The maximum Gasteiger partial charge on any atom is 0.193 e. The zero-order valence-corrected chi connectivity index (χ0v) is 12.9. The van der Waals surface area contributed by atoms with E-state index in [1.807, 2.05) is 7.05 Å². The van der Waals surface area contributed by atoms with Gasteiger partial charge in [0.2, 0.25) is 0 Å². The summed E-state index contributed by atoms with van der Waals surface area (Å²) in [6.45, 7) is 8.97. The van der Waals surface area contributed by atoms with Gasteiger partial charge in [-0.2, -0.15) is 0 Å². The van der Waals surface area contributed by atoms with Crippen molar-refractivity contribution in [2.24, 2.45) is 22.7 Å². The number of rotatable bonds is 4. The van der Waals surface area contributed by atoms with E-state index in [9.17, 15) is 0 Å². The van der Waals surface area contributed by atoms with Crippen molar-refractivity contribution in [3.63, 3.8) is 0 Å². The largest absolute Gasteiger partial charge is 0.356 e. The SMILES string of the molecule is CN=C(NCC(C)C)N(C)CC1CCC(C)CC1. The summed E-state index contributed by atoms with van der Waals surface area (Å²) in [5, 5.41) is 3.44. The first-order valence-electron chi connectivity index (χ1n) is 7.44. The third-order valence-electron chi connectivity index (χ3n) is 3.91. The van der Waals surface area contributed by atoms with Crippen molar-refractivity contribution in [2.75, 3.05) is 27.2 Å². The zero-order valence-electron chi connectivity index (χ0n) is 12.9. The molecule has 0 saturated heterocycles. The molecule has 0 atom stereocenters. The molecule has 0 spiro atoms. The number of nitrogens with one attached hydrogen (secondary N) is 1. The minimum Gasteiger partial charge on any atom is -0.356 e. The quantitative estimate of drug-likeness (QED) is 0.616. The van der Waals surface area contributed by atoms with Crippen molar-refractivity contribution in [1.29, 1.82) is 0 Å². The molecule has 0 aromatic heterocycles. The standard InChI is InChI=1S/C15H31N3/c1-12(2)10-17-15(16-4)18(5)11-14-8-6-13(3)7-9-14/h12-14H,6-11H2,1-5H3,(H,16,17). The van der Waals surface area contributed by atoms with Crippen LogP contribution in [0.1, 0.15) is 46.5 Å². The van der Waals surface area contributed by atoms with E-state index in [0.717, 1.165) is 30.9 Å². The smallest absolute Gasteiger partial charge is 0.193 e.